The lowest BCUT2D eigenvalue weighted by atomic mass is 10.2. The molecule has 0 aliphatic carbocycles. The quantitative estimate of drug-likeness (QED) is 0.661. The van der Waals surface area contributed by atoms with E-state index in [4.69, 9.17) is 0 Å². The molecule has 0 aliphatic rings. The van der Waals surface area contributed by atoms with Crippen LogP contribution in [0.5, 0.6) is 0 Å². The zero-order valence-electron chi connectivity index (χ0n) is 11.3. The number of rotatable bonds is 2. The Hall–Kier alpha value is -2.90. The van der Waals surface area contributed by atoms with E-state index >= 15 is 0 Å². The van der Waals surface area contributed by atoms with Crippen molar-refractivity contribution in [2.45, 2.75) is 6.92 Å². The molecule has 0 aliphatic heterocycles. The number of pyridine rings is 1. The third kappa shape index (κ3) is 3.40. The van der Waals surface area contributed by atoms with Gasteiger partial charge in [-0.1, -0.05) is 0 Å². The molecular formula is C14H10F3N3O2. The number of aryl methyl sites for hydroxylation is 1. The number of benzene rings is 1. The lowest BCUT2D eigenvalue weighted by molar-refractivity contribution is -0.133. The SMILES string of the molecule is Cc1ccnc(NC(=O)C(=O)Nc2ccc(F)c(F)c2F)c1. The first-order valence-corrected chi connectivity index (χ1v) is 6.07. The van der Waals surface area contributed by atoms with E-state index < -0.39 is 35.0 Å². The molecule has 114 valence electrons. The molecule has 22 heavy (non-hydrogen) atoms. The molecule has 0 bridgehead atoms. The second-order valence-corrected chi connectivity index (χ2v) is 4.35. The Bertz CT molecular complexity index is 750. The highest BCUT2D eigenvalue weighted by molar-refractivity contribution is 6.43. The van der Waals surface area contributed by atoms with Crippen LogP contribution in [0, 0.1) is 24.4 Å². The Balaban J connectivity index is 2.09. The van der Waals surface area contributed by atoms with Crippen molar-refractivity contribution in [3.05, 3.63) is 53.5 Å². The Morgan fingerprint density at radius 1 is 1.00 bits per heavy atom. The molecule has 0 atom stereocenters. The van der Waals surface area contributed by atoms with Gasteiger partial charge in [0.2, 0.25) is 0 Å². The van der Waals surface area contributed by atoms with Gasteiger partial charge in [-0.15, -0.1) is 0 Å². The summed E-state index contributed by atoms with van der Waals surface area (Å²) in [5, 5.41) is 4.05. The van der Waals surface area contributed by atoms with E-state index in [-0.39, 0.29) is 5.82 Å². The molecule has 2 N–H and O–H groups in total. The van der Waals surface area contributed by atoms with Crippen molar-refractivity contribution >= 4 is 23.3 Å². The zero-order valence-corrected chi connectivity index (χ0v) is 11.3. The summed E-state index contributed by atoms with van der Waals surface area (Å²) in [7, 11) is 0. The topological polar surface area (TPSA) is 71.1 Å². The molecule has 1 aromatic carbocycles. The van der Waals surface area contributed by atoms with Crippen molar-refractivity contribution in [2.24, 2.45) is 0 Å². The summed E-state index contributed by atoms with van der Waals surface area (Å²) in [4.78, 5) is 27.1. The molecule has 2 amide bonds. The number of anilines is 2. The first-order chi connectivity index (χ1) is 10.4. The average molecular weight is 309 g/mol. The molecule has 0 saturated heterocycles. The van der Waals surface area contributed by atoms with E-state index in [1.54, 1.807) is 13.0 Å². The van der Waals surface area contributed by atoms with Gasteiger partial charge in [-0.3, -0.25) is 9.59 Å². The van der Waals surface area contributed by atoms with E-state index in [9.17, 15) is 22.8 Å². The number of nitrogens with one attached hydrogen (secondary N) is 2. The van der Waals surface area contributed by atoms with E-state index in [1.807, 2.05) is 5.32 Å². The van der Waals surface area contributed by atoms with Crippen LogP contribution in [0.25, 0.3) is 0 Å². The predicted molar refractivity (Wildman–Crippen MR) is 72.5 cm³/mol. The maximum absolute atomic E-state index is 13.4. The minimum absolute atomic E-state index is 0.130. The van der Waals surface area contributed by atoms with E-state index in [0.717, 1.165) is 11.6 Å². The monoisotopic (exact) mass is 309 g/mol. The van der Waals surface area contributed by atoms with Crippen LogP contribution >= 0.6 is 0 Å². The van der Waals surface area contributed by atoms with Gasteiger partial charge in [0.15, 0.2) is 17.5 Å². The number of amides is 2. The van der Waals surface area contributed by atoms with Crippen molar-refractivity contribution in [1.82, 2.24) is 4.98 Å². The van der Waals surface area contributed by atoms with Crippen LogP contribution in [0.2, 0.25) is 0 Å². The summed E-state index contributed by atoms with van der Waals surface area (Å²) in [5.74, 6) is -6.96. The summed E-state index contributed by atoms with van der Waals surface area (Å²) in [5.41, 5.74) is 0.161. The number of carbonyl (C=O) groups excluding carboxylic acids is 2. The highest BCUT2D eigenvalue weighted by Crippen LogP contribution is 2.19. The summed E-state index contributed by atoms with van der Waals surface area (Å²) in [6.07, 6.45) is 1.43. The summed E-state index contributed by atoms with van der Waals surface area (Å²) >= 11 is 0. The van der Waals surface area contributed by atoms with E-state index in [1.165, 1.54) is 12.3 Å². The van der Waals surface area contributed by atoms with Crippen molar-refractivity contribution in [1.29, 1.82) is 0 Å². The molecule has 8 heteroatoms. The van der Waals surface area contributed by atoms with Crippen molar-refractivity contribution in [3.8, 4) is 0 Å². The van der Waals surface area contributed by atoms with Crippen molar-refractivity contribution in [3.63, 3.8) is 0 Å². The van der Waals surface area contributed by atoms with Crippen LogP contribution in [0.4, 0.5) is 24.7 Å². The second-order valence-electron chi connectivity index (χ2n) is 4.35. The molecule has 0 fully saturated rings. The van der Waals surface area contributed by atoms with Crippen LogP contribution in [-0.4, -0.2) is 16.8 Å². The van der Waals surface area contributed by atoms with Crippen LogP contribution in [-0.2, 0) is 9.59 Å². The molecule has 2 rings (SSSR count). The molecule has 2 aromatic rings. The number of carbonyl (C=O) groups is 2. The first-order valence-electron chi connectivity index (χ1n) is 6.07. The van der Waals surface area contributed by atoms with Gasteiger partial charge in [-0.25, -0.2) is 18.2 Å². The molecule has 1 heterocycles. The molecule has 1 aromatic heterocycles. The Morgan fingerprint density at radius 2 is 1.68 bits per heavy atom. The molecule has 0 saturated carbocycles. The van der Waals surface area contributed by atoms with Gasteiger partial charge in [-0.2, -0.15) is 0 Å². The van der Waals surface area contributed by atoms with Gasteiger partial charge >= 0.3 is 11.8 Å². The number of hydrogen-bond acceptors (Lipinski definition) is 3. The maximum atomic E-state index is 13.4. The lowest BCUT2D eigenvalue weighted by Gasteiger charge is -2.08. The van der Waals surface area contributed by atoms with Crippen molar-refractivity contribution < 1.29 is 22.8 Å². The van der Waals surface area contributed by atoms with E-state index in [0.29, 0.717) is 6.07 Å². The van der Waals surface area contributed by atoms with Gasteiger partial charge in [-0.05, 0) is 36.8 Å². The molecular weight excluding hydrogens is 299 g/mol. The lowest BCUT2D eigenvalue weighted by Crippen LogP contribution is -2.29. The number of aromatic nitrogens is 1. The Labute approximate surface area is 123 Å². The molecule has 0 unspecified atom stereocenters. The summed E-state index contributed by atoms with van der Waals surface area (Å²) < 4.78 is 39.2. The second kappa shape index (κ2) is 6.25. The largest absolute Gasteiger partial charge is 0.315 e. The first kappa shape index (κ1) is 15.5. The highest BCUT2D eigenvalue weighted by atomic mass is 19.2. The van der Waals surface area contributed by atoms with Crippen LogP contribution in [0.1, 0.15) is 5.56 Å². The molecule has 0 spiro atoms. The smallest absolute Gasteiger partial charge is 0.315 e. The number of hydrogen-bond donors (Lipinski definition) is 2. The highest BCUT2D eigenvalue weighted by Gasteiger charge is 2.19. The van der Waals surface area contributed by atoms with Gasteiger partial charge in [0.25, 0.3) is 0 Å². The molecule has 5 nitrogen and oxygen atoms in total. The van der Waals surface area contributed by atoms with Gasteiger partial charge in [0.1, 0.15) is 5.82 Å². The maximum Gasteiger partial charge on any atom is 0.315 e. The Morgan fingerprint density at radius 3 is 2.36 bits per heavy atom. The summed E-state index contributed by atoms with van der Waals surface area (Å²) in [6, 6.07) is 4.65. The summed E-state index contributed by atoms with van der Waals surface area (Å²) in [6.45, 7) is 1.76. The molecule has 0 radical (unpaired) electrons. The third-order valence-corrected chi connectivity index (χ3v) is 2.65. The average Bonchev–Trinajstić information content (AvgIpc) is 2.47. The van der Waals surface area contributed by atoms with Crippen LogP contribution in [0.3, 0.4) is 0 Å². The van der Waals surface area contributed by atoms with Gasteiger partial charge in [0, 0.05) is 6.20 Å². The predicted octanol–water partition coefficient (Wildman–Crippen LogP) is 2.38. The van der Waals surface area contributed by atoms with Crippen LogP contribution in [0.15, 0.2) is 30.5 Å². The van der Waals surface area contributed by atoms with E-state index in [2.05, 4.69) is 10.3 Å². The number of nitrogens with zero attached hydrogens (tertiary/aromatic N) is 1. The fourth-order valence-electron chi connectivity index (χ4n) is 1.58. The minimum Gasteiger partial charge on any atom is -0.315 e. The number of halogens is 3. The van der Waals surface area contributed by atoms with Crippen molar-refractivity contribution in [2.75, 3.05) is 10.6 Å². The zero-order chi connectivity index (χ0) is 16.3. The standard InChI is InChI=1S/C14H10F3N3O2/c1-7-4-5-18-10(6-7)20-14(22)13(21)19-9-3-2-8(15)11(16)12(9)17/h2-6H,1H3,(H,19,21)(H,18,20,22). The van der Waals surface area contributed by atoms with Crippen LogP contribution < -0.4 is 10.6 Å². The third-order valence-electron chi connectivity index (χ3n) is 2.65. The van der Waals surface area contributed by atoms with Gasteiger partial charge < -0.3 is 10.6 Å². The Kier molecular flexibility index (Phi) is 4.40. The normalized spacial score (nSPS) is 10.2. The minimum atomic E-state index is -1.74. The fourth-order valence-corrected chi connectivity index (χ4v) is 1.58. The fraction of sp³-hybridized carbons (Fsp3) is 0.0714. The van der Waals surface area contributed by atoms with Gasteiger partial charge in [0.05, 0.1) is 5.69 Å².